The SMILES string of the molecule is Cc1[nH]n(-c2ccccc2)c(=O)c1C=Nc1sc2c(c1C#N)CCN(C)C2. The lowest BCUT2D eigenvalue weighted by atomic mass is 10.0. The molecule has 1 aliphatic heterocycles. The van der Waals surface area contributed by atoms with Gasteiger partial charge in [0.1, 0.15) is 11.1 Å². The molecule has 1 N–H and O–H groups in total. The van der Waals surface area contributed by atoms with E-state index >= 15 is 0 Å². The largest absolute Gasteiger partial charge is 0.301 e. The maximum absolute atomic E-state index is 12.8. The molecule has 0 unspecified atom stereocenters. The topological polar surface area (TPSA) is 77.2 Å². The number of nitrogens with one attached hydrogen (secondary N) is 1. The van der Waals surface area contributed by atoms with Crippen LogP contribution in [0.15, 0.2) is 40.1 Å². The molecule has 3 aromatic rings. The first-order valence-corrected chi connectivity index (χ1v) is 9.54. The van der Waals surface area contributed by atoms with Crippen molar-refractivity contribution in [3.8, 4) is 11.8 Å². The Bertz CT molecular complexity index is 1110. The number of aryl methyl sites for hydroxylation is 1. The molecule has 2 aromatic heterocycles. The molecule has 0 saturated heterocycles. The summed E-state index contributed by atoms with van der Waals surface area (Å²) in [4.78, 5) is 20.7. The Balaban J connectivity index is 1.72. The Kier molecular flexibility index (Phi) is 4.52. The van der Waals surface area contributed by atoms with Crippen LogP contribution in [0.2, 0.25) is 0 Å². The summed E-state index contributed by atoms with van der Waals surface area (Å²) >= 11 is 1.54. The van der Waals surface area contributed by atoms with Crippen LogP contribution in [0.3, 0.4) is 0 Å². The van der Waals surface area contributed by atoms with E-state index in [9.17, 15) is 10.1 Å². The van der Waals surface area contributed by atoms with Crippen LogP contribution in [0.25, 0.3) is 5.69 Å². The fraction of sp³-hybridized carbons (Fsp3) is 0.250. The zero-order chi connectivity index (χ0) is 19.0. The molecule has 0 bridgehead atoms. The summed E-state index contributed by atoms with van der Waals surface area (Å²) in [6, 6.07) is 11.7. The first-order valence-electron chi connectivity index (χ1n) is 8.72. The van der Waals surface area contributed by atoms with Gasteiger partial charge in [0.25, 0.3) is 5.56 Å². The Labute approximate surface area is 161 Å². The average Bonchev–Trinajstić information content (AvgIpc) is 3.16. The molecule has 27 heavy (non-hydrogen) atoms. The van der Waals surface area contributed by atoms with Crippen LogP contribution in [0.4, 0.5) is 5.00 Å². The van der Waals surface area contributed by atoms with E-state index in [0.29, 0.717) is 16.1 Å². The molecule has 0 saturated carbocycles. The summed E-state index contributed by atoms with van der Waals surface area (Å²) < 4.78 is 1.51. The molecule has 4 rings (SSSR count). The molecule has 0 spiro atoms. The molecular weight excluding hydrogens is 358 g/mol. The van der Waals surface area contributed by atoms with Crippen molar-refractivity contribution >= 4 is 22.6 Å². The predicted molar refractivity (Wildman–Crippen MR) is 107 cm³/mol. The molecular formula is C20H19N5OS. The summed E-state index contributed by atoms with van der Waals surface area (Å²) in [6.45, 7) is 3.64. The fourth-order valence-corrected chi connectivity index (χ4v) is 4.54. The summed E-state index contributed by atoms with van der Waals surface area (Å²) in [5, 5.41) is 13.4. The zero-order valence-electron chi connectivity index (χ0n) is 15.2. The number of rotatable bonds is 3. The third-order valence-corrected chi connectivity index (χ3v) is 5.91. The summed E-state index contributed by atoms with van der Waals surface area (Å²) in [5.74, 6) is 0. The van der Waals surface area contributed by atoms with E-state index in [2.05, 4.69) is 28.1 Å². The van der Waals surface area contributed by atoms with Crippen LogP contribution >= 0.6 is 11.3 Å². The second-order valence-corrected chi connectivity index (χ2v) is 7.75. The third-order valence-electron chi connectivity index (χ3n) is 4.78. The maximum Gasteiger partial charge on any atom is 0.280 e. The lowest BCUT2D eigenvalue weighted by Crippen LogP contribution is -2.25. The van der Waals surface area contributed by atoms with E-state index in [0.717, 1.165) is 36.5 Å². The molecule has 1 aliphatic rings. The minimum Gasteiger partial charge on any atom is -0.301 e. The molecule has 6 nitrogen and oxygen atoms in total. The van der Waals surface area contributed by atoms with Gasteiger partial charge in [0.05, 0.1) is 16.8 Å². The quantitative estimate of drug-likeness (QED) is 0.712. The minimum absolute atomic E-state index is 0.151. The third kappa shape index (κ3) is 3.14. The van der Waals surface area contributed by atoms with Crippen LogP contribution in [0, 0.1) is 18.3 Å². The maximum atomic E-state index is 12.8. The van der Waals surface area contributed by atoms with Gasteiger partial charge in [-0.1, -0.05) is 18.2 Å². The van der Waals surface area contributed by atoms with E-state index in [-0.39, 0.29) is 5.56 Å². The summed E-state index contributed by atoms with van der Waals surface area (Å²) in [7, 11) is 2.08. The number of likely N-dealkylation sites (N-methyl/N-ethyl adjacent to an activating group) is 1. The normalized spacial score (nSPS) is 14.4. The monoisotopic (exact) mass is 377 g/mol. The summed E-state index contributed by atoms with van der Waals surface area (Å²) in [6.07, 6.45) is 2.44. The van der Waals surface area contributed by atoms with Crippen LogP contribution in [0.1, 0.15) is 27.3 Å². The van der Waals surface area contributed by atoms with Gasteiger partial charge < -0.3 is 4.90 Å². The van der Waals surface area contributed by atoms with Crippen LogP contribution in [0.5, 0.6) is 0 Å². The van der Waals surface area contributed by atoms with Gasteiger partial charge in [0, 0.05) is 29.9 Å². The molecule has 0 amide bonds. The Morgan fingerprint density at radius 3 is 2.85 bits per heavy atom. The van der Waals surface area contributed by atoms with E-state index in [1.54, 1.807) is 17.6 Å². The van der Waals surface area contributed by atoms with E-state index in [1.165, 1.54) is 9.56 Å². The number of H-pyrrole nitrogens is 1. The van der Waals surface area contributed by atoms with Crippen molar-refractivity contribution < 1.29 is 0 Å². The number of hydrogen-bond donors (Lipinski definition) is 1. The van der Waals surface area contributed by atoms with Crippen molar-refractivity contribution in [3.63, 3.8) is 0 Å². The van der Waals surface area contributed by atoms with Gasteiger partial charge in [-0.05, 0) is 38.1 Å². The van der Waals surface area contributed by atoms with Crippen LogP contribution in [-0.4, -0.2) is 34.5 Å². The number of nitrogens with zero attached hydrogens (tertiary/aromatic N) is 4. The number of nitriles is 1. The lowest BCUT2D eigenvalue weighted by Gasteiger charge is -2.21. The molecule has 7 heteroatoms. The highest BCUT2D eigenvalue weighted by atomic mass is 32.1. The number of aromatic amines is 1. The number of benzene rings is 1. The van der Waals surface area contributed by atoms with Gasteiger partial charge in [-0.3, -0.25) is 9.89 Å². The first-order chi connectivity index (χ1) is 13.1. The van der Waals surface area contributed by atoms with Gasteiger partial charge in [-0.25, -0.2) is 9.67 Å². The van der Waals surface area contributed by atoms with Crippen LogP contribution < -0.4 is 5.56 Å². The highest BCUT2D eigenvalue weighted by Crippen LogP contribution is 2.38. The highest BCUT2D eigenvalue weighted by Gasteiger charge is 2.22. The van der Waals surface area contributed by atoms with E-state index in [1.807, 2.05) is 37.3 Å². The molecule has 0 atom stereocenters. The molecule has 136 valence electrons. The van der Waals surface area contributed by atoms with E-state index in [4.69, 9.17) is 0 Å². The standard InChI is InChI=1S/C20H19N5OS/c1-13-17(20(26)25(23-13)14-6-4-3-5-7-14)11-22-19-16(10-21)15-8-9-24(2)12-18(15)27-19/h3-7,11,23H,8-9,12H2,1-2H3. The average molecular weight is 377 g/mol. The molecule has 0 radical (unpaired) electrons. The fourth-order valence-electron chi connectivity index (χ4n) is 3.32. The Hall–Kier alpha value is -2.95. The van der Waals surface area contributed by atoms with Gasteiger partial charge in [0.15, 0.2) is 0 Å². The number of thiophene rings is 1. The number of para-hydroxylation sites is 1. The molecule has 0 fully saturated rings. The lowest BCUT2D eigenvalue weighted by molar-refractivity contribution is 0.317. The van der Waals surface area contributed by atoms with Crippen molar-refractivity contribution in [1.82, 2.24) is 14.7 Å². The smallest absolute Gasteiger partial charge is 0.280 e. The molecule has 0 aliphatic carbocycles. The first kappa shape index (κ1) is 17.5. The van der Waals surface area contributed by atoms with Crippen molar-refractivity contribution in [3.05, 3.63) is 67.9 Å². The van der Waals surface area contributed by atoms with Crippen molar-refractivity contribution in [1.29, 1.82) is 5.26 Å². The van der Waals surface area contributed by atoms with Gasteiger partial charge in [0.2, 0.25) is 0 Å². The second-order valence-electron chi connectivity index (χ2n) is 6.67. The predicted octanol–water partition coefficient (Wildman–Crippen LogP) is 3.15. The number of aromatic nitrogens is 2. The summed E-state index contributed by atoms with van der Waals surface area (Å²) in [5.41, 5.74) is 3.63. The van der Waals surface area contributed by atoms with Crippen molar-refractivity contribution in [2.45, 2.75) is 19.9 Å². The molecule has 1 aromatic carbocycles. The second kappa shape index (κ2) is 6.99. The molecule has 3 heterocycles. The van der Waals surface area contributed by atoms with Crippen LogP contribution in [-0.2, 0) is 13.0 Å². The zero-order valence-corrected chi connectivity index (χ0v) is 16.0. The Morgan fingerprint density at radius 2 is 2.11 bits per heavy atom. The highest BCUT2D eigenvalue weighted by molar-refractivity contribution is 7.16. The van der Waals surface area contributed by atoms with E-state index < -0.39 is 0 Å². The number of hydrogen-bond acceptors (Lipinski definition) is 5. The number of aliphatic imine (C=N–C) groups is 1. The van der Waals surface area contributed by atoms with Gasteiger partial charge in [-0.2, -0.15) is 5.26 Å². The number of fused-ring (bicyclic) bond motifs is 1. The van der Waals surface area contributed by atoms with Crippen molar-refractivity contribution in [2.24, 2.45) is 4.99 Å². The minimum atomic E-state index is -0.151. The van der Waals surface area contributed by atoms with Crippen molar-refractivity contribution in [2.75, 3.05) is 13.6 Å². The van der Waals surface area contributed by atoms with Gasteiger partial charge >= 0.3 is 0 Å². The Morgan fingerprint density at radius 1 is 1.33 bits per heavy atom. The van der Waals surface area contributed by atoms with Gasteiger partial charge in [-0.15, -0.1) is 11.3 Å².